The predicted molar refractivity (Wildman–Crippen MR) is 106 cm³/mol. The molecule has 0 aliphatic carbocycles. The highest BCUT2D eigenvalue weighted by molar-refractivity contribution is 6.44. The van der Waals surface area contributed by atoms with Crippen LogP contribution in [0.25, 0.3) is 0 Å². The Balaban J connectivity index is 1.58. The van der Waals surface area contributed by atoms with Crippen molar-refractivity contribution in [2.75, 3.05) is 28.6 Å². The third-order valence-electron chi connectivity index (χ3n) is 4.23. The van der Waals surface area contributed by atoms with Crippen LogP contribution in [-0.4, -0.2) is 24.9 Å². The SMILES string of the molecule is O=C(Nc1ccc(N2CCCCC2)cc1)C(=O)Nc1ccc(Cl)c(Cl)c1. The zero-order valence-electron chi connectivity index (χ0n) is 14.1. The topological polar surface area (TPSA) is 61.4 Å². The van der Waals surface area contributed by atoms with E-state index in [4.69, 9.17) is 23.2 Å². The largest absolute Gasteiger partial charge is 0.372 e. The van der Waals surface area contributed by atoms with E-state index in [9.17, 15) is 9.59 Å². The summed E-state index contributed by atoms with van der Waals surface area (Å²) in [7, 11) is 0. The van der Waals surface area contributed by atoms with Crippen LogP contribution in [0.2, 0.25) is 10.0 Å². The van der Waals surface area contributed by atoms with E-state index < -0.39 is 11.8 Å². The van der Waals surface area contributed by atoms with Gasteiger partial charge < -0.3 is 15.5 Å². The molecular weight excluding hydrogens is 373 g/mol. The maximum atomic E-state index is 12.1. The average Bonchev–Trinajstić information content (AvgIpc) is 2.66. The Kier molecular flexibility index (Phi) is 6.01. The van der Waals surface area contributed by atoms with E-state index in [1.54, 1.807) is 24.3 Å². The van der Waals surface area contributed by atoms with E-state index in [-0.39, 0.29) is 0 Å². The Bertz CT molecular complexity index is 803. The molecule has 0 spiro atoms. The van der Waals surface area contributed by atoms with Gasteiger partial charge >= 0.3 is 11.8 Å². The van der Waals surface area contributed by atoms with Crippen LogP contribution in [0.4, 0.5) is 17.1 Å². The summed E-state index contributed by atoms with van der Waals surface area (Å²) in [6.45, 7) is 2.11. The van der Waals surface area contributed by atoms with Crippen molar-refractivity contribution < 1.29 is 9.59 Å². The van der Waals surface area contributed by atoms with Crippen LogP contribution in [0.1, 0.15) is 19.3 Å². The normalized spacial score (nSPS) is 14.0. The lowest BCUT2D eigenvalue weighted by Gasteiger charge is -2.28. The maximum absolute atomic E-state index is 12.1. The Morgan fingerprint density at radius 2 is 1.35 bits per heavy atom. The maximum Gasteiger partial charge on any atom is 0.314 e. The number of piperidine rings is 1. The fraction of sp³-hybridized carbons (Fsp3) is 0.263. The molecule has 1 saturated heterocycles. The first-order chi connectivity index (χ1) is 12.5. The van der Waals surface area contributed by atoms with Gasteiger partial charge in [0.25, 0.3) is 0 Å². The predicted octanol–water partition coefficient (Wildman–Crippen LogP) is 4.56. The summed E-state index contributed by atoms with van der Waals surface area (Å²) in [6, 6.07) is 12.1. The Hall–Kier alpha value is -2.24. The van der Waals surface area contributed by atoms with Gasteiger partial charge in [0.2, 0.25) is 0 Å². The molecule has 0 unspecified atom stereocenters. The molecule has 26 heavy (non-hydrogen) atoms. The number of hydrogen-bond donors (Lipinski definition) is 2. The standard InChI is InChI=1S/C19H19Cl2N3O2/c20-16-9-6-14(12-17(16)21)23-19(26)18(25)22-13-4-7-15(8-5-13)24-10-2-1-3-11-24/h4-9,12H,1-3,10-11H2,(H,22,25)(H,23,26). The van der Waals surface area contributed by atoms with Crippen LogP contribution >= 0.6 is 23.2 Å². The second kappa shape index (κ2) is 8.43. The van der Waals surface area contributed by atoms with E-state index in [0.717, 1.165) is 18.8 Å². The highest BCUT2D eigenvalue weighted by Crippen LogP contribution is 2.25. The molecular formula is C19H19Cl2N3O2. The monoisotopic (exact) mass is 391 g/mol. The van der Waals surface area contributed by atoms with Crippen molar-refractivity contribution in [2.24, 2.45) is 0 Å². The molecule has 2 N–H and O–H groups in total. The van der Waals surface area contributed by atoms with Crippen LogP contribution in [0.15, 0.2) is 42.5 Å². The molecule has 1 fully saturated rings. The van der Waals surface area contributed by atoms with E-state index in [1.165, 1.54) is 25.3 Å². The lowest BCUT2D eigenvalue weighted by Crippen LogP contribution is -2.30. The molecule has 0 saturated carbocycles. The van der Waals surface area contributed by atoms with Crippen molar-refractivity contribution >= 4 is 52.1 Å². The molecule has 0 aromatic heterocycles. The number of amides is 2. The van der Waals surface area contributed by atoms with Gasteiger partial charge in [-0.3, -0.25) is 9.59 Å². The van der Waals surface area contributed by atoms with Crippen molar-refractivity contribution in [3.05, 3.63) is 52.5 Å². The minimum Gasteiger partial charge on any atom is -0.372 e. The lowest BCUT2D eigenvalue weighted by atomic mass is 10.1. The van der Waals surface area contributed by atoms with Crippen molar-refractivity contribution in [1.82, 2.24) is 0 Å². The van der Waals surface area contributed by atoms with E-state index in [0.29, 0.717) is 21.4 Å². The van der Waals surface area contributed by atoms with E-state index in [1.807, 2.05) is 12.1 Å². The number of anilines is 3. The number of benzene rings is 2. The number of halogens is 2. The van der Waals surface area contributed by atoms with Gasteiger partial charge in [-0.05, 0) is 61.7 Å². The molecule has 0 bridgehead atoms. The number of carbonyl (C=O) groups excluding carboxylic acids is 2. The zero-order valence-corrected chi connectivity index (χ0v) is 15.6. The van der Waals surface area contributed by atoms with Crippen LogP contribution in [0, 0.1) is 0 Å². The molecule has 3 rings (SSSR count). The van der Waals surface area contributed by atoms with Crippen LogP contribution < -0.4 is 15.5 Å². The first-order valence-corrected chi connectivity index (χ1v) is 9.21. The van der Waals surface area contributed by atoms with Gasteiger partial charge in [-0.2, -0.15) is 0 Å². The van der Waals surface area contributed by atoms with E-state index >= 15 is 0 Å². The highest BCUT2D eigenvalue weighted by atomic mass is 35.5. The molecule has 136 valence electrons. The second-order valence-electron chi connectivity index (χ2n) is 6.13. The molecule has 2 aromatic carbocycles. The van der Waals surface area contributed by atoms with Crippen molar-refractivity contribution in [1.29, 1.82) is 0 Å². The minimum absolute atomic E-state index is 0.304. The van der Waals surface area contributed by atoms with Crippen LogP contribution in [0.5, 0.6) is 0 Å². The van der Waals surface area contributed by atoms with Crippen molar-refractivity contribution in [3.8, 4) is 0 Å². The number of nitrogens with one attached hydrogen (secondary N) is 2. The molecule has 0 atom stereocenters. The van der Waals surface area contributed by atoms with Gasteiger partial charge in [-0.1, -0.05) is 23.2 Å². The third kappa shape index (κ3) is 4.68. The summed E-state index contributed by atoms with van der Waals surface area (Å²) in [5.41, 5.74) is 2.10. The Morgan fingerprint density at radius 1 is 0.769 bits per heavy atom. The first-order valence-electron chi connectivity index (χ1n) is 8.45. The number of rotatable bonds is 3. The van der Waals surface area contributed by atoms with Gasteiger partial charge in [0.15, 0.2) is 0 Å². The Morgan fingerprint density at radius 3 is 1.96 bits per heavy atom. The molecule has 2 aromatic rings. The molecule has 1 heterocycles. The van der Waals surface area contributed by atoms with E-state index in [2.05, 4.69) is 15.5 Å². The lowest BCUT2D eigenvalue weighted by molar-refractivity contribution is -0.132. The molecule has 5 nitrogen and oxygen atoms in total. The summed E-state index contributed by atoms with van der Waals surface area (Å²) in [5, 5.41) is 5.76. The summed E-state index contributed by atoms with van der Waals surface area (Å²) < 4.78 is 0. The minimum atomic E-state index is -0.775. The number of nitrogens with zero attached hydrogens (tertiary/aromatic N) is 1. The summed E-state index contributed by atoms with van der Waals surface area (Å²) in [5.74, 6) is -1.52. The summed E-state index contributed by atoms with van der Waals surface area (Å²) in [4.78, 5) is 26.4. The summed E-state index contributed by atoms with van der Waals surface area (Å²) >= 11 is 11.7. The Labute approximate surface area is 162 Å². The van der Waals surface area contributed by atoms with Gasteiger partial charge in [-0.25, -0.2) is 0 Å². The van der Waals surface area contributed by atoms with Gasteiger partial charge in [0.1, 0.15) is 0 Å². The number of hydrogen-bond acceptors (Lipinski definition) is 3. The van der Waals surface area contributed by atoms with Gasteiger partial charge in [0.05, 0.1) is 10.0 Å². The molecule has 2 amide bonds. The molecule has 1 aliphatic heterocycles. The van der Waals surface area contributed by atoms with Gasteiger partial charge in [-0.15, -0.1) is 0 Å². The molecule has 7 heteroatoms. The fourth-order valence-corrected chi connectivity index (χ4v) is 3.16. The number of carbonyl (C=O) groups is 2. The quantitative estimate of drug-likeness (QED) is 0.753. The molecule has 0 radical (unpaired) electrons. The van der Waals surface area contributed by atoms with Gasteiger partial charge in [0, 0.05) is 30.2 Å². The van der Waals surface area contributed by atoms with Crippen molar-refractivity contribution in [3.63, 3.8) is 0 Å². The fourth-order valence-electron chi connectivity index (χ4n) is 2.86. The smallest absolute Gasteiger partial charge is 0.314 e. The van der Waals surface area contributed by atoms with Crippen molar-refractivity contribution in [2.45, 2.75) is 19.3 Å². The third-order valence-corrected chi connectivity index (χ3v) is 4.97. The zero-order chi connectivity index (χ0) is 18.5. The van der Waals surface area contributed by atoms with Crippen LogP contribution in [0.3, 0.4) is 0 Å². The first kappa shape index (κ1) is 18.5. The summed E-state index contributed by atoms with van der Waals surface area (Å²) in [6.07, 6.45) is 3.68. The second-order valence-corrected chi connectivity index (χ2v) is 6.95. The van der Waals surface area contributed by atoms with Crippen LogP contribution in [-0.2, 0) is 9.59 Å². The average molecular weight is 392 g/mol. The highest BCUT2D eigenvalue weighted by Gasteiger charge is 2.15. The molecule has 1 aliphatic rings.